The average Bonchev–Trinajstić information content (AvgIpc) is 3.30. The molecule has 0 aliphatic carbocycles. The number of hydrogen-bond acceptors (Lipinski definition) is 7. The number of thiophene rings is 1. The molecule has 1 aromatic heterocycles. The predicted octanol–water partition coefficient (Wildman–Crippen LogP) is 4.89. The number of ether oxygens (including phenoxy) is 4. The summed E-state index contributed by atoms with van der Waals surface area (Å²) in [5, 5.41) is 1.95. The second kappa shape index (κ2) is 9.76. The summed E-state index contributed by atoms with van der Waals surface area (Å²) in [4.78, 5) is 25.8. The summed E-state index contributed by atoms with van der Waals surface area (Å²) >= 11 is 1.55. The van der Waals surface area contributed by atoms with Gasteiger partial charge in [0, 0.05) is 10.4 Å². The molecule has 7 heteroatoms. The number of allylic oxidation sites excluding steroid dienone is 1. The Labute approximate surface area is 178 Å². The van der Waals surface area contributed by atoms with Gasteiger partial charge in [-0.1, -0.05) is 6.07 Å². The summed E-state index contributed by atoms with van der Waals surface area (Å²) in [6.07, 6.45) is 3.29. The Morgan fingerprint density at radius 2 is 1.53 bits per heavy atom. The first-order valence-corrected chi connectivity index (χ1v) is 9.82. The third-order valence-corrected chi connectivity index (χ3v) is 5.03. The highest BCUT2D eigenvalue weighted by Gasteiger charge is 2.18. The molecule has 0 N–H and O–H groups in total. The van der Waals surface area contributed by atoms with E-state index in [4.69, 9.17) is 18.9 Å². The van der Waals surface area contributed by atoms with Crippen molar-refractivity contribution >= 4 is 29.2 Å². The summed E-state index contributed by atoms with van der Waals surface area (Å²) in [6.45, 7) is 0. The zero-order valence-electron chi connectivity index (χ0n) is 16.7. The maximum Gasteiger partial charge on any atom is 0.343 e. The number of benzene rings is 2. The van der Waals surface area contributed by atoms with Crippen LogP contribution in [0.25, 0.3) is 6.08 Å². The van der Waals surface area contributed by atoms with Crippen LogP contribution in [0.1, 0.15) is 25.6 Å². The van der Waals surface area contributed by atoms with Crippen LogP contribution in [0.15, 0.2) is 60.0 Å². The molecule has 0 saturated carbocycles. The second-order valence-corrected chi connectivity index (χ2v) is 7.02. The summed E-state index contributed by atoms with van der Waals surface area (Å²) in [6, 6.07) is 13.2. The van der Waals surface area contributed by atoms with Crippen LogP contribution < -0.4 is 18.9 Å². The zero-order valence-corrected chi connectivity index (χ0v) is 17.5. The Bertz CT molecular complexity index is 1030. The minimum atomic E-state index is -0.592. The van der Waals surface area contributed by atoms with Crippen molar-refractivity contribution < 1.29 is 28.5 Å². The molecule has 30 heavy (non-hydrogen) atoms. The predicted molar refractivity (Wildman–Crippen MR) is 115 cm³/mol. The topological polar surface area (TPSA) is 71.1 Å². The van der Waals surface area contributed by atoms with Gasteiger partial charge in [0.1, 0.15) is 5.75 Å². The normalized spacial score (nSPS) is 10.6. The highest BCUT2D eigenvalue weighted by atomic mass is 32.1. The van der Waals surface area contributed by atoms with Crippen LogP contribution in [-0.2, 0) is 0 Å². The Morgan fingerprint density at radius 3 is 2.07 bits per heavy atom. The molecule has 0 spiro atoms. The largest absolute Gasteiger partial charge is 0.493 e. The lowest BCUT2D eigenvalue weighted by atomic mass is 10.1. The summed E-state index contributed by atoms with van der Waals surface area (Å²) in [5.74, 6) is 0.670. The number of esters is 1. The number of hydrogen-bond donors (Lipinski definition) is 0. The van der Waals surface area contributed by atoms with E-state index in [9.17, 15) is 9.59 Å². The summed E-state index contributed by atoms with van der Waals surface area (Å²) in [7, 11) is 4.42. The van der Waals surface area contributed by atoms with Crippen LogP contribution in [0.3, 0.4) is 0 Å². The van der Waals surface area contributed by atoms with Gasteiger partial charge in [0.2, 0.25) is 5.75 Å². The van der Waals surface area contributed by atoms with E-state index in [1.807, 2.05) is 17.5 Å². The van der Waals surface area contributed by atoms with Crippen LogP contribution in [-0.4, -0.2) is 33.1 Å². The van der Waals surface area contributed by atoms with Crippen LogP contribution >= 0.6 is 11.3 Å². The van der Waals surface area contributed by atoms with Gasteiger partial charge in [-0.3, -0.25) is 4.79 Å². The van der Waals surface area contributed by atoms with Gasteiger partial charge < -0.3 is 18.9 Å². The molecular weight excluding hydrogens is 404 g/mol. The smallest absolute Gasteiger partial charge is 0.343 e. The van der Waals surface area contributed by atoms with Crippen LogP contribution in [0, 0.1) is 0 Å². The third-order valence-electron chi connectivity index (χ3n) is 4.19. The molecule has 2 aromatic carbocycles. The minimum Gasteiger partial charge on any atom is -0.493 e. The summed E-state index contributed by atoms with van der Waals surface area (Å²) < 4.78 is 21.2. The van der Waals surface area contributed by atoms with E-state index in [-0.39, 0.29) is 11.3 Å². The highest BCUT2D eigenvalue weighted by Crippen LogP contribution is 2.38. The van der Waals surface area contributed by atoms with E-state index in [1.165, 1.54) is 39.5 Å². The maximum absolute atomic E-state index is 12.6. The number of carbonyl (C=O) groups is 2. The van der Waals surface area contributed by atoms with Gasteiger partial charge in [-0.15, -0.1) is 11.3 Å². The first kappa shape index (κ1) is 21.1. The van der Waals surface area contributed by atoms with Gasteiger partial charge in [-0.25, -0.2) is 4.79 Å². The molecule has 1 heterocycles. The molecule has 3 aromatic rings. The van der Waals surface area contributed by atoms with Crippen LogP contribution in [0.5, 0.6) is 23.0 Å². The molecule has 0 aliphatic rings. The number of carbonyl (C=O) groups excluding carboxylic acids is 2. The fraction of sp³-hybridized carbons (Fsp3) is 0.130. The van der Waals surface area contributed by atoms with Crippen LogP contribution in [0.4, 0.5) is 0 Å². The molecule has 154 valence electrons. The van der Waals surface area contributed by atoms with Crippen molar-refractivity contribution in [2.24, 2.45) is 0 Å². The first-order valence-electron chi connectivity index (χ1n) is 8.94. The standard InChI is InChI=1S/C23H20O6S/c1-26-20-13-16(14-21(27-2)22(20)28-3)23(25)29-17-8-6-15(7-9-17)19(24)11-10-18-5-4-12-30-18/h4-14H,1-3H3/b11-10+. The Kier molecular flexibility index (Phi) is 6.87. The molecule has 6 nitrogen and oxygen atoms in total. The van der Waals surface area contributed by atoms with Crippen molar-refractivity contribution in [1.82, 2.24) is 0 Å². The Morgan fingerprint density at radius 1 is 0.867 bits per heavy atom. The van der Waals surface area contributed by atoms with Gasteiger partial charge in [0.15, 0.2) is 17.3 Å². The first-order chi connectivity index (χ1) is 14.5. The molecule has 0 atom stereocenters. The van der Waals surface area contributed by atoms with Crippen molar-refractivity contribution in [1.29, 1.82) is 0 Å². The molecule has 0 fully saturated rings. The van der Waals surface area contributed by atoms with E-state index in [1.54, 1.807) is 41.7 Å². The van der Waals surface area contributed by atoms with Gasteiger partial charge in [-0.05, 0) is 60.0 Å². The van der Waals surface area contributed by atoms with Crippen molar-refractivity contribution in [2.45, 2.75) is 0 Å². The van der Waals surface area contributed by atoms with Crippen molar-refractivity contribution in [3.8, 4) is 23.0 Å². The highest BCUT2D eigenvalue weighted by molar-refractivity contribution is 7.10. The van der Waals surface area contributed by atoms with Gasteiger partial charge >= 0.3 is 5.97 Å². The SMILES string of the molecule is COc1cc(C(=O)Oc2ccc(C(=O)/C=C/c3cccs3)cc2)cc(OC)c1OC. The Hall–Kier alpha value is -3.58. The number of rotatable bonds is 8. The lowest BCUT2D eigenvalue weighted by Gasteiger charge is -2.13. The molecule has 0 aliphatic heterocycles. The number of methoxy groups -OCH3 is 3. The molecule has 0 unspecified atom stereocenters. The minimum absolute atomic E-state index is 0.133. The molecule has 0 saturated heterocycles. The second-order valence-electron chi connectivity index (χ2n) is 6.04. The van der Waals surface area contributed by atoms with E-state index in [0.717, 1.165) is 4.88 Å². The fourth-order valence-electron chi connectivity index (χ4n) is 2.69. The van der Waals surface area contributed by atoms with Gasteiger partial charge in [-0.2, -0.15) is 0 Å². The lowest BCUT2D eigenvalue weighted by Crippen LogP contribution is -2.10. The van der Waals surface area contributed by atoms with E-state index >= 15 is 0 Å². The quantitative estimate of drug-likeness (QED) is 0.222. The lowest BCUT2D eigenvalue weighted by molar-refractivity contribution is 0.0733. The van der Waals surface area contributed by atoms with Crippen molar-refractivity contribution in [3.63, 3.8) is 0 Å². The maximum atomic E-state index is 12.6. The number of ketones is 1. The van der Waals surface area contributed by atoms with Gasteiger partial charge in [0.25, 0.3) is 0 Å². The summed E-state index contributed by atoms with van der Waals surface area (Å²) in [5.41, 5.74) is 0.735. The fourth-order valence-corrected chi connectivity index (χ4v) is 3.31. The molecule has 0 bridgehead atoms. The van der Waals surface area contributed by atoms with E-state index in [0.29, 0.717) is 28.6 Å². The molecule has 0 radical (unpaired) electrons. The molecular formula is C23H20O6S. The Balaban J connectivity index is 1.72. The van der Waals surface area contributed by atoms with E-state index < -0.39 is 5.97 Å². The third kappa shape index (κ3) is 4.87. The monoisotopic (exact) mass is 424 g/mol. The molecule has 3 rings (SSSR count). The van der Waals surface area contributed by atoms with Crippen molar-refractivity contribution in [3.05, 3.63) is 76.0 Å². The van der Waals surface area contributed by atoms with Crippen LogP contribution in [0.2, 0.25) is 0 Å². The van der Waals surface area contributed by atoms with E-state index in [2.05, 4.69) is 0 Å². The van der Waals surface area contributed by atoms with Crippen molar-refractivity contribution in [2.75, 3.05) is 21.3 Å². The average molecular weight is 424 g/mol. The molecule has 0 amide bonds. The van der Waals surface area contributed by atoms with Gasteiger partial charge in [0.05, 0.1) is 26.9 Å². The zero-order chi connectivity index (χ0) is 21.5.